The lowest BCUT2D eigenvalue weighted by atomic mass is 9.99. The smallest absolute Gasteiger partial charge is 0.106 e. The van der Waals surface area contributed by atoms with Crippen molar-refractivity contribution in [2.24, 2.45) is 5.92 Å². The van der Waals surface area contributed by atoms with Gasteiger partial charge in [0.05, 0.1) is 6.07 Å². The third-order valence-corrected chi connectivity index (χ3v) is 2.78. The highest BCUT2D eigenvalue weighted by Gasteiger charge is 2.23. The Bertz CT molecular complexity index is 235. The summed E-state index contributed by atoms with van der Waals surface area (Å²) in [6.45, 7) is 11.9. The van der Waals surface area contributed by atoms with Crippen LogP contribution in [0.5, 0.6) is 0 Å². The zero-order valence-corrected chi connectivity index (χ0v) is 12.0. The first-order chi connectivity index (χ1) is 7.93. The van der Waals surface area contributed by atoms with E-state index < -0.39 is 5.54 Å². The highest BCUT2D eigenvalue weighted by Crippen LogP contribution is 2.11. The normalized spacial score (nSPS) is 16.5. The van der Waals surface area contributed by atoms with Gasteiger partial charge in [-0.2, -0.15) is 5.26 Å². The van der Waals surface area contributed by atoms with Gasteiger partial charge >= 0.3 is 0 Å². The molecular formula is C14H28N2O. The van der Waals surface area contributed by atoms with Crippen LogP contribution in [-0.4, -0.2) is 24.8 Å². The second-order valence-electron chi connectivity index (χ2n) is 5.46. The van der Waals surface area contributed by atoms with Gasteiger partial charge in [0, 0.05) is 25.7 Å². The fourth-order valence-corrected chi connectivity index (χ4v) is 1.93. The van der Waals surface area contributed by atoms with E-state index in [-0.39, 0.29) is 0 Å². The van der Waals surface area contributed by atoms with E-state index in [1.165, 1.54) is 12.8 Å². The summed E-state index contributed by atoms with van der Waals surface area (Å²) < 4.78 is 5.64. The molecule has 0 rings (SSSR count). The molecule has 0 bridgehead atoms. The standard InChI is InChI=1S/C14H28N2O/c1-6-7-13(4)10-17-9-8-14(5,11-15)16-12(2)3/h12-13,16H,6-10H2,1-5H3. The van der Waals surface area contributed by atoms with E-state index in [4.69, 9.17) is 10.00 Å². The highest BCUT2D eigenvalue weighted by molar-refractivity contribution is 5.04. The zero-order valence-electron chi connectivity index (χ0n) is 12.0. The molecule has 0 saturated carbocycles. The largest absolute Gasteiger partial charge is 0.381 e. The predicted octanol–water partition coefficient (Wildman–Crippen LogP) is 3.11. The van der Waals surface area contributed by atoms with E-state index >= 15 is 0 Å². The molecule has 0 heterocycles. The predicted molar refractivity (Wildman–Crippen MR) is 71.8 cm³/mol. The van der Waals surface area contributed by atoms with E-state index in [0.717, 1.165) is 13.0 Å². The summed E-state index contributed by atoms with van der Waals surface area (Å²) in [5, 5.41) is 12.4. The van der Waals surface area contributed by atoms with E-state index in [1.807, 2.05) is 6.92 Å². The van der Waals surface area contributed by atoms with Crippen molar-refractivity contribution in [3.05, 3.63) is 0 Å². The molecule has 0 aromatic heterocycles. The minimum atomic E-state index is -0.470. The number of hydrogen-bond acceptors (Lipinski definition) is 3. The molecule has 0 amide bonds. The average Bonchev–Trinajstić information content (AvgIpc) is 2.24. The van der Waals surface area contributed by atoms with Crippen LogP contribution in [-0.2, 0) is 4.74 Å². The van der Waals surface area contributed by atoms with Crippen molar-refractivity contribution in [3.8, 4) is 6.07 Å². The molecule has 0 aliphatic heterocycles. The third-order valence-electron chi connectivity index (χ3n) is 2.78. The lowest BCUT2D eigenvalue weighted by molar-refractivity contribution is 0.0885. The average molecular weight is 240 g/mol. The number of hydrogen-bond donors (Lipinski definition) is 1. The fraction of sp³-hybridized carbons (Fsp3) is 0.929. The minimum absolute atomic E-state index is 0.318. The van der Waals surface area contributed by atoms with Gasteiger partial charge in [-0.05, 0) is 33.1 Å². The highest BCUT2D eigenvalue weighted by atomic mass is 16.5. The van der Waals surface area contributed by atoms with E-state index in [0.29, 0.717) is 18.6 Å². The van der Waals surface area contributed by atoms with Gasteiger partial charge in [-0.15, -0.1) is 0 Å². The molecule has 0 radical (unpaired) electrons. The molecule has 2 atom stereocenters. The molecular weight excluding hydrogens is 212 g/mol. The number of rotatable bonds is 9. The molecule has 3 nitrogen and oxygen atoms in total. The Morgan fingerprint density at radius 2 is 2.00 bits per heavy atom. The van der Waals surface area contributed by atoms with Crippen molar-refractivity contribution >= 4 is 0 Å². The number of ether oxygens (including phenoxy) is 1. The molecule has 0 aliphatic carbocycles. The van der Waals surface area contributed by atoms with Gasteiger partial charge in [0.1, 0.15) is 5.54 Å². The molecule has 1 N–H and O–H groups in total. The van der Waals surface area contributed by atoms with E-state index in [1.54, 1.807) is 0 Å². The molecule has 2 unspecified atom stereocenters. The van der Waals surface area contributed by atoms with Crippen LogP contribution in [0, 0.1) is 17.2 Å². The number of nitrogens with one attached hydrogen (secondary N) is 1. The van der Waals surface area contributed by atoms with E-state index in [9.17, 15) is 0 Å². The van der Waals surface area contributed by atoms with Crippen molar-refractivity contribution in [3.63, 3.8) is 0 Å². The Morgan fingerprint density at radius 1 is 1.35 bits per heavy atom. The molecule has 0 saturated heterocycles. The van der Waals surface area contributed by atoms with Crippen molar-refractivity contribution in [1.29, 1.82) is 5.26 Å². The molecule has 100 valence electrons. The SMILES string of the molecule is CCCC(C)COCCC(C)(C#N)NC(C)C. The zero-order chi connectivity index (χ0) is 13.3. The van der Waals surface area contributed by atoms with Crippen LogP contribution in [0.2, 0.25) is 0 Å². The monoisotopic (exact) mass is 240 g/mol. The maximum atomic E-state index is 9.16. The quantitative estimate of drug-likeness (QED) is 0.630. The second-order valence-corrected chi connectivity index (χ2v) is 5.46. The summed E-state index contributed by atoms with van der Waals surface area (Å²) in [5.41, 5.74) is -0.470. The van der Waals surface area contributed by atoms with Gasteiger partial charge in [-0.25, -0.2) is 0 Å². The summed E-state index contributed by atoms with van der Waals surface area (Å²) in [6, 6.07) is 2.65. The molecule has 0 aliphatic rings. The Labute approximate surface area is 107 Å². The van der Waals surface area contributed by atoms with Gasteiger partial charge < -0.3 is 4.74 Å². The first kappa shape index (κ1) is 16.4. The summed E-state index contributed by atoms with van der Waals surface area (Å²) in [7, 11) is 0. The fourth-order valence-electron chi connectivity index (χ4n) is 1.93. The van der Waals surface area contributed by atoms with Crippen molar-refractivity contribution in [2.75, 3.05) is 13.2 Å². The summed E-state index contributed by atoms with van der Waals surface area (Å²) in [5.74, 6) is 0.617. The topological polar surface area (TPSA) is 45.0 Å². The minimum Gasteiger partial charge on any atom is -0.381 e. The van der Waals surface area contributed by atoms with E-state index in [2.05, 4.69) is 39.1 Å². The van der Waals surface area contributed by atoms with Crippen LogP contribution < -0.4 is 5.32 Å². The molecule has 0 spiro atoms. The van der Waals surface area contributed by atoms with Crippen LogP contribution in [0.3, 0.4) is 0 Å². The van der Waals surface area contributed by atoms with Crippen LogP contribution in [0.4, 0.5) is 0 Å². The maximum absolute atomic E-state index is 9.16. The van der Waals surface area contributed by atoms with Crippen molar-refractivity contribution in [2.45, 2.75) is 65.5 Å². The number of nitriles is 1. The second kappa shape index (κ2) is 8.49. The van der Waals surface area contributed by atoms with Gasteiger partial charge in [0.25, 0.3) is 0 Å². The van der Waals surface area contributed by atoms with Crippen LogP contribution in [0.1, 0.15) is 53.9 Å². The van der Waals surface area contributed by atoms with Crippen LogP contribution in [0.15, 0.2) is 0 Å². The van der Waals surface area contributed by atoms with Crippen molar-refractivity contribution in [1.82, 2.24) is 5.32 Å². The van der Waals surface area contributed by atoms with Crippen LogP contribution in [0.25, 0.3) is 0 Å². The van der Waals surface area contributed by atoms with Crippen molar-refractivity contribution < 1.29 is 4.74 Å². The Balaban J connectivity index is 3.81. The lowest BCUT2D eigenvalue weighted by Gasteiger charge is -2.26. The molecule has 0 aromatic carbocycles. The van der Waals surface area contributed by atoms with Gasteiger partial charge in [-0.3, -0.25) is 5.32 Å². The molecule has 0 aromatic rings. The van der Waals surface area contributed by atoms with Gasteiger partial charge in [-0.1, -0.05) is 20.3 Å². The maximum Gasteiger partial charge on any atom is 0.106 e. The van der Waals surface area contributed by atoms with Gasteiger partial charge in [0.15, 0.2) is 0 Å². The number of nitrogens with zero attached hydrogens (tertiary/aromatic N) is 1. The lowest BCUT2D eigenvalue weighted by Crippen LogP contribution is -2.45. The molecule has 0 fully saturated rings. The van der Waals surface area contributed by atoms with Gasteiger partial charge in [0.2, 0.25) is 0 Å². The Hall–Kier alpha value is -0.590. The third kappa shape index (κ3) is 8.18. The summed E-state index contributed by atoms with van der Waals surface area (Å²) in [6.07, 6.45) is 3.15. The Morgan fingerprint density at radius 3 is 2.47 bits per heavy atom. The molecule has 3 heteroatoms. The molecule has 17 heavy (non-hydrogen) atoms. The first-order valence-corrected chi connectivity index (χ1v) is 6.70. The first-order valence-electron chi connectivity index (χ1n) is 6.70. The Kier molecular flexibility index (Phi) is 8.20. The summed E-state index contributed by atoms with van der Waals surface area (Å²) in [4.78, 5) is 0. The van der Waals surface area contributed by atoms with Crippen LogP contribution >= 0.6 is 0 Å². The summed E-state index contributed by atoms with van der Waals surface area (Å²) >= 11 is 0.